The summed E-state index contributed by atoms with van der Waals surface area (Å²) < 4.78 is 5.88. The number of nitriles is 1. The van der Waals surface area contributed by atoms with Crippen molar-refractivity contribution in [3.05, 3.63) is 65.2 Å². The fourth-order valence-corrected chi connectivity index (χ4v) is 2.40. The van der Waals surface area contributed by atoms with E-state index in [0.717, 1.165) is 10.8 Å². The highest BCUT2D eigenvalue weighted by Gasteiger charge is 2.09. The summed E-state index contributed by atoms with van der Waals surface area (Å²) in [5, 5.41) is 11.3. The molecule has 0 bridgehead atoms. The van der Waals surface area contributed by atoms with Crippen molar-refractivity contribution in [1.29, 1.82) is 5.26 Å². The van der Waals surface area contributed by atoms with Gasteiger partial charge in [-0.2, -0.15) is 5.26 Å². The van der Waals surface area contributed by atoms with E-state index >= 15 is 0 Å². The zero-order chi connectivity index (χ0) is 14.8. The molecule has 0 fully saturated rings. The molecule has 3 rings (SSSR count). The summed E-state index contributed by atoms with van der Waals surface area (Å²) in [6.45, 7) is 0. The summed E-state index contributed by atoms with van der Waals surface area (Å²) in [6, 6.07) is 18.4. The van der Waals surface area contributed by atoms with Gasteiger partial charge in [-0.25, -0.2) is 0 Å². The highest BCUT2D eigenvalue weighted by atomic mass is 35.5. The second kappa shape index (κ2) is 5.35. The second-order valence-corrected chi connectivity index (χ2v) is 4.97. The molecule has 0 saturated heterocycles. The van der Waals surface area contributed by atoms with E-state index in [4.69, 9.17) is 27.3 Å². The number of fused-ring (bicyclic) bond motifs is 1. The molecule has 0 aliphatic carbocycles. The van der Waals surface area contributed by atoms with Gasteiger partial charge in [0.2, 0.25) is 0 Å². The largest absolute Gasteiger partial charge is 0.455 e. The molecule has 21 heavy (non-hydrogen) atoms. The van der Waals surface area contributed by atoms with Gasteiger partial charge < -0.3 is 10.5 Å². The molecular formula is C17H11ClN2O. The summed E-state index contributed by atoms with van der Waals surface area (Å²) >= 11 is 6.13. The Kier molecular flexibility index (Phi) is 3.39. The molecule has 0 aromatic heterocycles. The monoisotopic (exact) mass is 294 g/mol. The van der Waals surface area contributed by atoms with Crippen LogP contribution in [0, 0.1) is 11.3 Å². The van der Waals surface area contributed by atoms with Crippen LogP contribution in [0.15, 0.2) is 54.6 Å². The normalized spacial score (nSPS) is 10.3. The smallest absolute Gasteiger partial charge is 0.146 e. The Morgan fingerprint density at radius 3 is 2.38 bits per heavy atom. The lowest BCUT2D eigenvalue weighted by atomic mass is 10.0. The highest BCUT2D eigenvalue weighted by molar-refractivity contribution is 6.32. The molecular weight excluding hydrogens is 284 g/mol. The molecule has 0 aliphatic heterocycles. The van der Waals surface area contributed by atoms with Gasteiger partial charge in [-0.15, -0.1) is 0 Å². The van der Waals surface area contributed by atoms with Crippen LogP contribution in [-0.2, 0) is 0 Å². The van der Waals surface area contributed by atoms with Crippen LogP contribution in [0.3, 0.4) is 0 Å². The van der Waals surface area contributed by atoms with Gasteiger partial charge in [0.15, 0.2) is 0 Å². The Hall–Kier alpha value is -2.70. The predicted molar refractivity (Wildman–Crippen MR) is 84.6 cm³/mol. The minimum atomic E-state index is 0.448. The highest BCUT2D eigenvalue weighted by Crippen LogP contribution is 2.35. The minimum Gasteiger partial charge on any atom is -0.455 e. The average Bonchev–Trinajstić information content (AvgIpc) is 2.50. The first-order valence-corrected chi connectivity index (χ1v) is 6.71. The van der Waals surface area contributed by atoms with Gasteiger partial charge in [0, 0.05) is 16.5 Å². The third-order valence-corrected chi connectivity index (χ3v) is 3.48. The van der Waals surface area contributed by atoms with Crippen molar-refractivity contribution >= 4 is 28.1 Å². The second-order valence-electron chi connectivity index (χ2n) is 4.56. The van der Waals surface area contributed by atoms with Crippen molar-refractivity contribution in [3.8, 4) is 17.6 Å². The Bertz CT molecular complexity index is 868. The molecule has 2 N–H and O–H groups in total. The van der Waals surface area contributed by atoms with Gasteiger partial charge in [-0.1, -0.05) is 35.9 Å². The van der Waals surface area contributed by atoms with E-state index < -0.39 is 0 Å². The van der Waals surface area contributed by atoms with Gasteiger partial charge in [0.25, 0.3) is 0 Å². The Balaban J connectivity index is 2.12. The van der Waals surface area contributed by atoms with Crippen LogP contribution < -0.4 is 10.5 Å². The molecule has 0 amide bonds. The van der Waals surface area contributed by atoms with Crippen molar-refractivity contribution in [2.75, 3.05) is 5.73 Å². The fourth-order valence-electron chi connectivity index (χ4n) is 2.18. The first kappa shape index (κ1) is 13.3. The standard InChI is InChI=1S/C17H11ClN2O/c18-15-9-12(20)6-8-17(15)21-16-7-5-11(10-19)13-3-1-2-4-14(13)16/h1-9H,20H2. The van der Waals surface area contributed by atoms with E-state index in [2.05, 4.69) is 6.07 Å². The molecule has 0 radical (unpaired) electrons. The lowest BCUT2D eigenvalue weighted by molar-refractivity contribution is 0.488. The van der Waals surface area contributed by atoms with Crippen LogP contribution in [0.1, 0.15) is 5.56 Å². The zero-order valence-corrected chi connectivity index (χ0v) is 11.8. The van der Waals surface area contributed by atoms with Crippen molar-refractivity contribution in [3.63, 3.8) is 0 Å². The molecule has 3 aromatic carbocycles. The van der Waals surface area contributed by atoms with Crippen molar-refractivity contribution in [1.82, 2.24) is 0 Å². The molecule has 3 nitrogen and oxygen atoms in total. The molecule has 0 atom stereocenters. The summed E-state index contributed by atoms with van der Waals surface area (Å²) in [5.74, 6) is 1.18. The molecule has 4 heteroatoms. The number of nitrogens with zero attached hydrogens (tertiary/aromatic N) is 1. The average molecular weight is 295 g/mol. The van der Waals surface area contributed by atoms with E-state index in [1.807, 2.05) is 24.3 Å². The predicted octanol–water partition coefficient (Wildman–Crippen LogP) is 4.74. The van der Waals surface area contributed by atoms with E-state index in [0.29, 0.717) is 27.8 Å². The SMILES string of the molecule is N#Cc1ccc(Oc2ccc(N)cc2Cl)c2ccccc12. The van der Waals surface area contributed by atoms with Gasteiger partial charge in [0.1, 0.15) is 11.5 Å². The molecule has 0 aliphatic rings. The third-order valence-electron chi connectivity index (χ3n) is 3.18. The summed E-state index contributed by atoms with van der Waals surface area (Å²) in [7, 11) is 0. The number of hydrogen-bond acceptors (Lipinski definition) is 3. The minimum absolute atomic E-state index is 0.448. The first-order valence-electron chi connectivity index (χ1n) is 6.34. The molecule has 0 saturated carbocycles. The molecule has 3 aromatic rings. The zero-order valence-electron chi connectivity index (χ0n) is 11.0. The van der Waals surface area contributed by atoms with E-state index in [9.17, 15) is 0 Å². The number of ether oxygens (including phenoxy) is 1. The van der Waals surface area contributed by atoms with E-state index in [-0.39, 0.29) is 0 Å². The number of benzene rings is 3. The van der Waals surface area contributed by atoms with E-state index in [1.165, 1.54) is 0 Å². The van der Waals surface area contributed by atoms with Gasteiger partial charge >= 0.3 is 0 Å². The van der Waals surface area contributed by atoms with E-state index in [1.54, 1.807) is 30.3 Å². The van der Waals surface area contributed by atoms with Crippen LogP contribution in [0.5, 0.6) is 11.5 Å². The quantitative estimate of drug-likeness (QED) is 0.694. The van der Waals surface area contributed by atoms with Crippen LogP contribution in [0.4, 0.5) is 5.69 Å². The Morgan fingerprint density at radius 1 is 0.952 bits per heavy atom. The van der Waals surface area contributed by atoms with Crippen LogP contribution in [0.2, 0.25) is 5.02 Å². The number of nitrogens with two attached hydrogens (primary N) is 1. The third kappa shape index (κ3) is 2.49. The van der Waals surface area contributed by atoms with Crippen molar-refractivity contribution < 1.29 is 4.74 Å². The van der Waals surface area contributed by atoms with Gasteiger partial charge in [0.05, 0.1) is 16.7 Å². The van der Waals surface area contributed by atoms with Crippen LogP contribution in [0.25, 0.3) is 10.8 Å². The fraction of sp³-hybridized carbons (Fsp3) is 0. The summed E-state index contributed by atoms with van der Waals surface area (Å²) in [6.07, 6.45) is 0. The van der Waals surface area contributed by atoms with Crippen molar-refractivity contribution in [2.24, 2.45) is 0 Å². The molecule has 102 valence electrons. The van der Waals surface area contributed by atoms with Gasteiger partial charge in [-0.3, -0.25) is 0 Å². The van der Waals surface area contributed by atoms with Crippen molar-refractivity contribution in [2.45, 2.75) is 0 Å². The topological polar surface area (TPSA) is 59.0 Å². The number of halogens is 1. The Labute approximate surface area is 127 Å². The lowest BCUT2D eigenvalue weighted by Gasteiger charge is -2.11. The number of nitrogen functional groups attached to an aromatic ring is 1. The molecule has 0 heterocycles. The van der Waals surface area contributed by atoms with Crippen LogP contribution in [-0.4, -0.2) is 0 Å². The number of anilines is 1. The van der Waals surface area contributed by atoms with Gasteiger partial charge in [-0.05, 0) is 30.3 Å². The Morgan fingerprint density at radius 2 is 1.67 bits per heavy atom. The molecule has 0 spiro atoms. The first-order chi connectivity index (χ1) is 10.2. The summed E-state index contributed by atoms with van der Waals surface area (Å²) in [5.41, 5.74) is 6.87. The maximum absolute atomic E-state index is 9.17. The number of rotatable bonds is 2. The summed E-state index contributed by atoms with van der Waals surface area (Å²) in [4.78, 5) is 0. The molecule has 0 unspecified atom stereocenters. The maximum atomic E-state index is 9.17. The maximum Gasteiger partial charge on any atom is 0.146 e. The van der Waals surface area contributed by atoms with Crippen LogP contribution >= 0.6 is 11.6 Å². The lowest BCUT2D eigenvalue weighted by Crippen LogP contribution is -1.90. The number of hydrogen-bond donors (Lipinski definition) is 1.